The molecule has 0 unspecified atom stereocenters. The lowest BCUT2D eigenvalue weighted by Crippen LogP contribution is -1.94. The van der Waals surface area contributed by atoms with Crippen molar-refractivity contribution in [3.05, 3.63) is 29.7 Å². The maximum absolute atomic E-state index is 5.71. The van der Waals surface area contributed by atoms with Gasteiger partial charge in [0.2, 0.25) is 5.28 Å². The number of para-hydroxylation sites is 1. The Kier molecular flexibility index (Phi) is 2.50. The maximum Gasteiger partial charge on any atom is 0.223 e. The largest absolute Gasteiger partial charge is 0.492 e. The Balaban J connectivity index is 2.64. The fourth-order valence-electron chi connectivity index (χ4n) is 1.28. The van der Waals surface area contributed by atoms with Crippen molar-refractivity contribution >= 4 is 22.5 Å². The lowest BCUT2D eigenvalue weighted by molar-refractivity contribution is 0.343. The lowest BCUT2D eigenvalue weighted by Gasteiger charge is -2.05. The van der Waals surface area contributed by atoms with Gasteiger partial charge in [0.05, 0.1) is 6.61 Å². The quantitative estimate of drug-likeness (QED) is 0.712. The summed E-state index contributed by atoms with van der Waals surface area (Å²) >= 11 is 5.71. The van der Waals surface area contributed by atoms with Crippen molar-refractivity contribution in [1.29, 1.82) is 0 Å². The zero-order valence-electron chi connectivity index (χ0n) is 7.70. The van der Waals surface area contributed by atoms with Gasteiger partial charge in [-0.05, 0) is 24.6 Å². The number of ether oxygens (including phenoxy) is 1. The van der Waals surface area contributed by atoms with E-state index in [-0.39, 0.29) is 5.28 Å². The van der Waals surface area contributed by atoms with E-state index < -0.39 is 0 Å². The number of hydrogen-bond acceptors (Lipinski definition) is 3. The molecule has 0 aliphatic heterocycles. The molecule has 0 aliphatic rings. The Bertz CT molecular complexity index is 459. The van der Waals surface area contributed by atoms with Gasteiger partial charge >= 0.3 is 0 Å². The molecule has 1 heterocycles. The predicted molar refractivity (Wildman–Crippen MR) is 55.7 cm³/mol. The zero-order chi connectivity index (χ0) is 9.97. The van der Waals surface area contributed by atoms with Crippen LogP contribution in [-0.4, -0.2) is 16.6 Å². The first-order valence-corrected chi connectivity index (χ1v) is 4.73. The first-order chi connectivity index (χ1) is 6.81. The maximum atomic E-state index is 5.71. The van der Waals surface area contributed by atoms with Crippen LogP contribution in [0.15, 0.2) is 24.4 Å². The highest BCUT2D eigenvalue weighted by atomic mass is 35.5. The number of halogens is 1. The van der Waals surface area contributed by atoms with E-state index in [4.69, 9.17) is 16.3 Å². The first kappa shape index (κ1) is 9.21. The summed E-state index contributed by atoms with van der Waals surface area (Å²) in [6, 6.07) is 5.70. The van der Waals surface area contributed by atoms with Crippen molar-refractivity contribution in [2.45, 2.75) is 6.92 Å². The van der Waals surface area contributed by atoms with Crippen LogP contribution in [0.4, 0.5) is 0 Å². The molecule has 2 rings (SSSR count). The number of aromatic nitrogens is 2. The van der Waals surface area contributed by atoms with Gasteiger partial charge in [0.25, 0.3) is 0 Å². The second-order valence-electron chi connectivity index (χ2n) is 2.77. The normalized spacial score (nSPS) is 10.4. The molecule has 4 heteroatoms. The van der Waals surface area contributed by atoms with Crippen LogP contribution in [0.3, 0.4) is 0 Å². The summed E-state index contributed by atoms with van der Waals surface area (Å²) in [5.74, 6) is 0.745. The molecule has 1 aromatic heterocycles. The highest BCUT2D eigenvalue weighted by Crippen LogP contribution is 2.23. The van der Waals surface area contributed by atoms with Crippen LogP contribution >= 0.6 is 11.6 Å². The van der Waals surface area contributed by atoms with E-state index in [1.54, 1.807) is 6.20 Å². The molecule has 0 saturated carbocycles. The van der Waals surface area contributed by atoms with Gasteiger partial charge in [0.15, 0.2) is 0 Å². The Labute approximate surface area is 86.7 Å². The van der Waals surface area contributed by atoms with Crippen molar-refractivity contribution in [2.75, 3.05) is 6.61 Å². The average Bonchev–Trinajstić information content (AvgIpc) is 2.19. The van der Waals surface area contributed by atoms with E-state index in [1.165, 1.54) is 0 Å². The number of nitrogens with zero attached hydrogens (tertiary/aromatic N) is 2. The summed E-state index contributed by atoms with van der Waals surface area (Å²) in [6.07, 6.45) is 1.69. The van der Waals surface area contributed by atoms with Crippen LogP contribution in [0.1, 0.15) is 6.92 Å². The fourth-order valence-corrected chi connectivity index (χ4v) is 1.41. The minimum absolute atomic E-state index is 0.240. The van der Waals surface area contributed by atoms with Crippen molar-refractivity contribution in [1.82, 2.24) is 9.97 Å². The van der Waals surface area contributed by atoms with E-state index in [1.807, 2.05) is 25.1 Å². The summed E-state index contributed by atoms with van der Waals surface area (Å²) in [4.78, 5) is 8.03. The fraction of sp³-hybridized carbons (Fsp3) is 0.200. The molecule has 0 saturated heterocycles. The summed E-state index contributed by atoms with van der Waals surface area (Å²) < 4.78 is 5.43. The zero-order valence-corrected chi connectivity index (χ0v) is 8.45. The molecule has 0 radical (unpaired) electrons. The third-order valence-electron chi connectivity index (χ3n) is 1.84. The molecule has 0 fully saturated rings. The Morgan fingerprint density at radius 2 is 2.29 bits per heavy atom. The van der Waals surface area contributed by atoms with E-state index >= 15 is 0 Å². The molecule has 0 amide bonds. The van der Waals surface area contributed by atoms with Crippen LogP contribution in [0, 0.1) is 0 Å². The molecule has 0 spiro atoms. The molecule has 3 nitrogen and oxygen atoms in total. The molecular formula is C10H9ClN2O. The molecule has 2 aromatic rings. The van der Waals surface area contributed by atoms with Gasteiger partial charge in [-0.25, -0.2) is 9.97 Å². The topological polar surface area (TPSA) is 35.0 Å². The summed E-state index contributed by atoms with van der Waals surface area (Å²) in [5, 5.41) is 1.17. The lowest BCUT2D eigenvalue weighted by atomic mass is 10.2. The molecule has 0 bridgehead atoms. The minimum atomic E-state index is 0.240. The van der Waals surface area contributed by atoms with Gasteiger partial charge in [-0.2, -0.15) is 0 Å². The van der Waals surface area contributed by atoms with Gasteiger partial charge < -0.3 is 4.74 Å². The SMILES string of the molecule is CCOc1cccc2cnc(Cl)nc12. The standard InChI is InChI=1S/C10H9ClN2O/c1-2-14-8-5-3-4-7-6-12-10(11)13-9(7)8/h3-6H,2H2,1H3. The van der Waals surface area contributed by atoms with Gasteiger partial charge in [-0.1, -0.05) is 12.1 Å². The van der Waals surface area contributed by atoms with Gasteiger partial charge in [-0.15, -0.1) is 0 Å². The van der Waals surface area contributed by atoms with Crippen molar-refractivity contribution in [3.8, 4) is 5.75 Å². The van der Waals surface area contributed by atoms with Crippen LogP contribution in [0.25, 0.3) is 10.9 Å². The number of hydrogen-bond donors (Lipinski definition) is 0. The van der Waals surface area contributed by atoms with Crippen LogP contribution in [-0.2, 0) is 0 Å². The van der Waals surface area contributed by atoms with Gasteiger partial charge in [-0.3, -0.25) is 0 Å². The number of rotatable bonds is 2. The molecule has 14 heavy (non-hydrogen) atoms. The van der Waals surface area contributed by atoms with Crippen molar-refractivity contribution < 1.29 is 4.74 Å². The van der Waals surface area contributed by atoms with Gasteiger partial charge in [0.1, 0.15) is 11.3 Å². The molecular weight excluding hydrogens is 200 g/mol. The minimum Gasteiger partial charge on any atom is -0.492 e. The summed E-state index contributed by atoms with van der Waals surface area (Å²) in [5.41, 5.74) is 0.759. The Hall–Kier alpha value is -1.35. The predicted octanol–water partition coefficient (Wildman–Crippen LogP) is 2.68. The van der Waals surface area contributed by atoms with Crippen molar-refractivity contribution in [2.24, 2.45) is 0 Å². The molecule has 72 valence electrons. The van der Waals surface area contributed by atoms with Crippen LogP contribution in [0.5, 0.6) is 5.75 Å². The van der Waals surface area contributed by atoms with E-state index in [0.29, 0.717) is 6.61 Å². The smallest absolute Gasteiger partial charge is 0.223 e. The van der Waals surface area contributed by atoms with E-state index in [0.717, 1.165) is 16.7 Å². The molecule has 0 N–H and O–H groups in total. The Morgan fingerprint density at radius 3 is 3.07 bits per heavy atom. The Morgan fingerprint density at radius 1 is 1.43 bits per heavy atom. The first-order valence-electron chi connectivity index (χ1n) is 4.35. The third-order valence-corrected chi connectivity index (χ3v) is 2.03. The number of benzene rings is 1. The van der Waals surface area contributed by atoms with Gasteiger partial charge in [0, 0.05) is 11.6 Å². The van der Waals surface area contributed by atoms with Crippen LogP contribution < -0.4 is 4.74 Å². The van der Waals surface area contributed by atoms with E-state index in [2.05, 4.69) is 9.97 Å². The number of fused-ring (bicyclic) bond motifs is 1. The summed E-state index contributed by atoms with van der Waals surface area (Å²) in [6.45, 7) is 2.54. The molecule has 0 atom stereocenters. The highest BCUT2D eigenvalue weighted by molar-refractivity contribution is 6.28. The molecule has 1 aromatic carbocycles. The average molecular weight is 209 g/mol. The second kappa shape index (κ2) is 3.80. The van der Waals surface area contributed by atoms with Crippen molar-refractivity contribution in [3.63, 3.8) is 0 Å². The third kappa shape index (κ3) is 1.63. The van der Waals surface area contributed by atoms with E-state index in [9.17, 15) is 0 Å². The second-order valence-corrected chi connectivity index (χ2v) is 3.10. The highest BCUT2D eigenvalue weighted by Gasteiger charge is 2.03. The monoisotopic (exact) mass is 208 g/mol. The van der Waals surface area contributed by atoms with Crippen LogP contribution in [0.2, 0.25) is 5.28 Å². The molecule has 0 aliphatic carbocycles. The summed E-state index contributed by atoms with van der Waals surface area (Å²) in [7, 11) is 0.